The zero-order valence-electron chi connectivity index (χ0n) is 16.5. The summed E-state index contributed by atoms with van der Waals surface area (Å²) in [7, 11) is 1.52. The monoisotopic (exact) mass is 503 g/mol. The number of ether oxygens (including phenoxy) is 3. The van der Waals surface area contributed by atoms with Crippen molar-refractivity contribution >= 4 is 39.7 Å². The molecule has 0 spiro atoms. The van der Waals surface area contributed by atoms with Gasteiger partial charge in [-0.25, -0.2) is 5.43 Å². The average molecular weight is 505 g/mol. The van der Waals surface area contributed by atoms with E-state index in [2.05, 4.69) is 31.4 Å². The standard InChI is InChI=1S/C22H19BrClN3O4/c1-29-20-13-15(14-26-27-22(28)16-6-8-25-9-7-16)12-19(24)21(20)31-11-10-30-18-4-2-17(23)3-5-18/h2-9,12-14H,10-11H2,1H3,(H,27,28)/b26-14+. The third-order valence-electron chi connectivity index (χ3n) is 3.99. The lowest BCUT2D eigenvalue weighted by molar-refractivity contribution is 0.0955. The largest absolute Gasteiger partial charge is 0.493 e. The van der Waals surface area contributed by atoms with Gasteiger partial charge in [-0.2, -0.15) is 5.10 Å². The van der Waals surface area contributed by atoms with E-state index in [4.69, 9.17) is 25.8 Å². The molecular weight excluding hydrogens is 486 g/mol. The Morgan fingerprint density at radius 3 is 2.55 bits per heavy atom. The van der Waals surface area contributed by atoms with Crippen molar-refractivity contribution in [2.24, 2.45) is 5.10 Å². The van der Waals surface area contributed by atoms with Gasteiger partial charge in [0.2, 0.25) is 0 Å². The molecule has 0 radical (unpaired) electrons. The number of aromatic nitrogens is 1. The number of amides is 1. The Labute approximate surface area is 193 Å². The summed E-state index contributed by atoms with van der Waals surface area (Å²) in [6.45, 7) is 0.618. The highest BCUT2D eigenvalue weighted by Crippen LogP contribution is 2.36. The second-order valence-corrected chi connectivity index (χ2v) is 7.44. The molecule has 3 aromatic rings. The van der Waals surface area contributed by atoms with Gasteiger partial charge in [0.25, 0.3) is 5.91 Å². The Hall–Kier alpha value is -3.10. The first-order chi connectivity index (χ1) is 15.1. The minimum Gasteiger partial charge on any atom is -0.493 e. The maximum atomic E-state index is 12.0. The molecule has 7 nitrogen and oxygen atoms in total. The van der Waals surface area contributed by atoms with Crippen molar-refractivity contribution in [2.75, 3.05) is 20.3 Å². The number of carbonyl (C=O) groups excluding carboxylic acids is 1. The number of carbonyl (C=O) groups is 1. The van der Waals surface area contributed by atoms with Gasteiger partial charge in [-0.05, 0) is 54.1 Å². The number of halogens is 2. The minimum absolute atomic E-state index is 0.279. The molecule has 0 atom stereocenters. The molecule has 0 aliphatic heterocycles. The van der Waals surface area contributed by atoms with E-state index in [0.717, 1.165) is 10.2 Å². The SMILES string of the molecule is COc1cc(/C=N/NC(=O)c2ccncc2)cc(Cl)c1OCCOc1ccc(Br)cc1. The Morgan fingerprint density at radius 2 is 1.84 bits per heavy atom. The molecule has 0 bridgehead atoms. The molecular formula is C22H19BrClN3O4. The smallest absolute Gasteiger partial charge is 0.271 e. The van der Waals surface area contributed by atoms with Crippen molar-refractivity contribution in [2.45, 2.75) is 0 Å². The van der Waals surface area contributed by atoms with Crippen molar-refractivity contribution < 1.29 is 19.0 Å². The second-order valence-electron chi connectivity index (χ2n) is 6.12. The summed E-state index contributed by atoms with van der Waals surface area (Å²) in [5, 5.41) is 4.31. The first-order valence-corrected chi connectivity index (χ1v) is 10.4. The number of hydrazone groups is 1. The molecule has 1 N–H and O–H groups in total. The average Bonchev–Trinajstić information content (AvgIpc) is 2.79. The van der Waals surface area contributed by atoms with Crippen LogP contribution in [0.5, 0.6) is 17.2 Å². The predicted octanol–water partition coefficient (Wildman–Crippen LogP) is 4.73. The van der Waals surface area contributed by atoms with Gasteiger partial charge in [0.1, 0.15) is 19.0 Å². The number of rotatable bonds is 9. The molecule has 31 heavy (non-hydrogen) atoms. The molecule has 0 fully saturated rings. The van der Waals surface area contributed by atoms with Crippen LogP contribution in [0.3, 0.4) is 0 Å². The predicted molar refractivity (Wildman–Crippen MR) is 122 cm³/mol. The Morgan fingerprint density at radius 1 is 1.13 bits per heavy atom. The highest BCUT2D eigenvalue weighted by atomic mass is 79.9. The molecule has 1 heterocycles. The number of nitrogens with zero attached hydrogens (tertiary/aromatic N) is 2. The Kier molecular flexibility index (Phi) is 8.26. The fourth-order valence-corrected chi connectivity index (χ4v) is 3.06. The Balaban J connectivity index is 1.57. The van der Waals surface area contributed by atoms with E-state index in [1.165, 1.54) is 25.7 Å². The van der Waals surface area contributed by atoms with Crippen LogP contribution in [-0.4, -0.2) is 37.4 Å². The molecule has 0 unspecified atom stereocenters. The fourth-order valence-electron chi connectivity index (χ4n) is 2.52. The highest BCUT2D eigenvalue weighted by Gasteiger charge is 2.12. The maximum Gasteiger partial charge on any atom is 0.271 e. The number of methoxy groups -OCH3 is 1. The summed E-state index contributed by atoms with van der Waals surface area (Å²) in [5.74, 6) is 1.24. The van der Waals surface area contributed by atoms with Crippen molar-refractivity contribution in [1.82, 2.24) is 10.4 Å². The topological polar surface area (TPSA) is 82.0 Å². The van der Waals surface area contributed by atoms with E-state index < -0.39 is 0 Å². The van der Waals surface area contributed by atoms with Crippen molar-refractivity contribution in [3.8, 4) is 17.2 Å². The van der Waals surface area contributed by atoms with Crippen LogP contribution >= 0.6 is 27.5 Å². The van der Waals surface area contributed by atoms with E-state index in [9.17, 15) is 4.79 Å². The maximum absolute atomic E-state index is 12.0. The molecule has 0 aliphatic rings. The lowest BCUT2D eigenvalue weighted by Crippen LogP contribution is -2.17. The van der Waals surface area contributed by atoms with E-state index in [0.29, 0.717) is 34.3 Å². The fraction of sp³-hybridized carbons (Fsp3) is 0.136. The van der Waals surface area contributed by atoms with Gasteiger partial charge in [-0.3, -0.25) is 9.78 Å². The molecule has 0 saturated heterocycles. The van der Waals surface area contributed by atoms with E-state index in [-0.39, 0.29) is 12.5 Å². The molecule has 0 aliphatic carbocycles. The van der Waals surface area contributed by atoms with Crippen LogP contribution in [-0.2, 0) is 0 Å². The molecule has 1 aromatic heterocycles. The molecule has 9 heteroatoms. The molecule has 160 valence electrons. The van der Waals surface area contributed by atoms with Gasteiger partial charge in [0, 0.05) is 22.4 Å². The number of hydrogen-bond donors (Lipinski definition) is 1. The normalized spacial score (nSPS) is 10.7. The first-order valence-electron chi connectivity index (χ1n) is 9.19. The van der Waals surface area contributed by atoms with Crippen LogP contribution in [0.4, 0.5) is 0 Å². The minimum atomic E-state index is -0.345. The van der Waals surface area contributed by atoms with Crippen LogP contribution in [0.1, 0.15) is 15.9 Å². The van der Waals surface area contributed by atoms with Gasteiger partial charge in [0.15, 0.2) is 11.5 Å². The lowest BCUT2D eigenvalue weighted by atomic mass is 10.2. The van der Waals surface area contributed by atoms with Crippen LogP contribution in [0, 0.1) is 0 Å². The molecule has 3 rings (SSSR count). The molecule has 1 amide bonds. The van der Waals surface area contributed by atoms with Gasteiger partial charge in [0.05, 0.1) is 18.3 Å². The number of benzene rings is 2. The van der Waals surface area contributed by atoms with Gasteiger partial charge < -0.3 is 14.2 Å². The summed E-state index contributed by atoms with van der Waals surface area (Å²) in [6, 6.07) is 14.1. The molecule has 2 aromatic carbocycles. The summed E-state index contributed by atoms with van der Waals surface area (Å²) in [6.07, 6.45) is 4.53. The first kappa shape index (κ1) is 22.6. The van der Waals surface area contributed by atoms with Crippen LogP contribution < -0.4 is 19.6 Å². The number of nitrogens with one attached hydrogen (secondary N) is 1. The van der Waals surface area contributed by atoms with Gasteiger partial charge in [-0.1, -0.05) is 27.5 Å². The van der Waals surface area contributed by atoms with E-state index in [1.807, 2.05) is 24.3 Å². The highest BCUT2D eigenvalue weighted by molar-refractivity contribution is 9.10. The van der Waals surface area contributed by atoms with Gasteiger partial charge in [-0.15, -0.1) is 0 Å². The third-order valence-corrected chi connectivity index (χ3v) is 4.80. The Bertz CT molecular complexity index is 1050. The van der Waals surface area contributed by atoms with E-state index in [1.54, 1.807) is 24.3 Å². The zero-order valence-corrected chi connectivity index (χ0v) is 18.9. The van der Waals surface area contributed by atoms with Gasteiger partial charge >= 0.3 is 0 Å². The van der Waals surface area contributed by atoms with Crippen molar-refractivity contribution in [1.29, 1.82) is 0 Å². The van der Waals surface area contributed by atoms with Crippen molar-refractivity contribution in [3.05, 3.63) is 81.5 Å². The zero-order chi connectivity index (χ0) is 22.1. The summed E-state index contributed by atoms with van der Waals surface area (Å²) in [4.78, 5) is 15.9. The third kappa shape index (κ3) is 6.70. The number of pyridine rings is 1. The van der Waals surface area contributed by atoms with Crippen LogP contribution in [0.15, 0.2) is 70.5 Å². The quantitative estimate of drug-likeness (QED) is 0.259. The van der Waals surface area contributed by atoms with Crippen LogP contribution in [0.2, 0.25) is 5.02 Å². The van der Waals surface area contributed by atoms with Crippen LogP contribution in [0.25, 0.3) is 0 Å². The molecule has 0 saturated carbocycles. The summed E-state index contributed by atoms with van der Waals surface area (Å²) < 4.78 is 17.7. The second kappa shape index (κ2) is 11.3. The van der Waals surface area contributed by atoms with Crippen molar-refractivity contribution in [3.63, 3.8) is 0 Å². The summed E-state index contributed by atoms with van der Waals surface area (Å²) >= 11 is 9.74. The lowest BCUT2D eigenvalue weighted by Gasteiger charge is -2.13. The van der Waals surface area contributed by atoms with E-state index >= 15 is 0 Å². The summed E-state index contributed by atoms with van der Waals surface area (Å²) in [5.41, 5.74) is 3.54. The number of hydrogen-bond acceptors (Lipinski definition) is 6.